The average molecular weight is 254 g/mol. The molecule has 0 radical (unpaired) electrons. The zero-order chi connectivity index (χ0) is 12.5. The Balaban J connectivity index is 2.18. The van der Waals surface area contributed by atoms with Crippen molar-refractivity contribution in [3.05, 3.63) is 24.0 Å². The molecule has 17 heavy (non-hydrogen) atoms. The minimum atomic E-state index is 0.725. The summed E-state index contributed by atoms with van der Waals surface area (Å²) in [6.07, 6.45) is 5.74. The monoisotopic (exact) mass is 254 g/mol. The molecule has 0 bridgehead atoms. The van der Waals surface area contributed by atoms with Gasteiger partial charge in [-0.15, -0.1) is 0 Å². The van der Waals surface area contributed by atoms with Crippen LogP contribution in [0.3, 0.4) is 0 Å². The lowest BCUT2D eigenvalue weighted by Gasteiger charge is -2.05. The molecule has 0 saturated heterocycles. The van der Waals surface area contributed by atoms with E-state index in [0.717, 1.165) is 25.6 Å². The molecule has 1 N–H and O–H groups in total. The number of aromatic nitrogens is 1. The maximum absolute atomic E-state index is 3.47. The summed E-state index contributed by atoms with van der Waals surface area (Å²) in [5.41, 5.74) is 1.40. The molecule has 1 rings (SSSR count). The van der Waals surface area contributed by atoms with Gasteiger partial charge in [-0.1, -0.05) is 20.8 Å². The van der Waals surface area contributed by atoms with Gasteiger partial charge in [0.1, 0.15) is 0 Å². The number of thioether (sulfide) groups is 1. The molecule has 0 aliphatic carbocycles. The second-order valence-electron chi connectivity index (χ2n) is 4.83. The Morgan fingerprint density at radius 1 is 1.41 bits per heavy atom. The van der Waals surface area contributed by atoms with Crippen molar-refractivity contribution in [1.29, 1.82) is 0 Å². The minimum Gasteiger partial charge on any atom is -0.354 e. The van der Waals surface area contributed by atoms with Gasteiger partial charge >= 0.3 is 0 Å². The molecule has 0 spiro atoms. The number of rotatable bonds is 9. The van der Waals surface area contributed by atoms with E-state index >= 15 is 0 Å². The minimum absolute atomic E-state index is 0.725. The van der Waals surface area contributed by atoms with E-state index in [0.29, 0.717) is 0 Å². The van der Waals surface area contributed by atoms with Gasteiger partial charge in [0.25, 0.3) is 0 Å². The van der Waals surface area contributed by atoms with Crippen LogP contribution in [-0.2, 0) is 13.1 Å². The molecule has 0 saturated carbocycles. The first-order chi connectivity index (χ1) is 8.22. The van der Waals surface area contributed by atoms with Crippen LogP contribution in [-0.4, -0.2) is 22.6 Å². The molecule has 98 valence electrons. The summed E-state index contributed by atoms with van der Waals surface area (Å²) in [5, 5.41) is 3.47. The number of aryl methyl sites for hydroxylation is 1. The van der Waals surface area contributed by atoms with Gasteiger partial charge in [0.2, 0.25) is 0 Å². The van der Waals surface area contributed by atoms with E-state index in [9.17, 15) is 0 Å². The molecule has 3 heteroatoms. The molecule has 0 aliphatic heterocycles. The van der Waals surface area contributed by atoms with Gasteiger partial charge in [0.05, 0.1) is 0 Å². The molecular formula is C14H26N2S. The highest BCUT2D eigenvalue weighted by atomic mass is 32.2. The molecule has 0 amide bonds. The molecule has 1 heterocycles. The Morgan fingerprint density at radius 2 is 2.24 bits per heavy atom. The summed E-state index contributed by atoms with van der Waals surface area (Å²) in [5.74, 6) is 3.23. The van der Waals surface area contributed by atoms with Crippen LogP contribution in [0.4, 0.5) is 0 Å². The molecule has 0 unspecified atom stereocenters. The van der Waals surface area contributed by atoms with E-state index < -0.39 is 0 Å². The third kappa shape index (κ3) is 6.79. The van der Waals surface area contributed by atoms with E-state index in [1.807, 2.05) is 11.8 Å². The summed E-state index contributed by atoms with van der Waals surface area (Å²) in [6, 6.07) is 2.22. The number of hydrogen-bond acceptors (Lipinski definition) is 2. The molecule has 2 nitrogen and oxygen atoms in total. The lowest BCUT2D eigenvalue weighted by atomic mass is 10.2. The fourth-order valence-electron chi connectivity index (χ4n) is 1.73. The van der Waals surface area contributed by atoms with E-state index in [1.165, 1.54) is 23.5 Å². The van der Waals surface area contributed by atoms with Crippen LogP contribution in [0.15, 0.2) is 18.5 Å². The normalized spacial score (nSPS) is 11.3. The standard InChI is InChI=1S/C14H26N2S/c1-4-17-9-5-7-16-8-6-14(12-16)11-15-10-13(2)3/h6,8,12-13,15H,4-5,7,9-11H2,1-3H3. The lowest BCUT2D eigenvalue weighted by Crippen LogP contribution is -2.18. The van der Waals surface area contributed by atoms with Gasteiger partial charge < -0.3 is 9.88 Å². The third-order valence-corrected chi connectivity index (χ3v) is 3.59. The maximum Gasteiger partial charge on any atom is 0.0227 e. The number of nitrogens with one attached hydrogen (secondary N) is 1. The fraction of sp³-hybridized carbons (Fsp3) is 0.714. The summed E-state index contributed by atoms with van der Waals surface area (Å²) in [6.45, 7) is 9.94. The van der Waals surface area contributed by atoms with Crippen molar-refractivity contribution < 1.29 is 0 Å². The second-order valence-corrected chi connectivity index (χ2v) is 6.23. The zero-order valence-electron chi connectivity index (χ0n) is 11.4. The topological polar surface area (TPSA) is 17.0 Å². The van der Waals surface area contributed by atoms with Crippen molar-refractivity contribution in [3.63, 3.8) is 0 Å². The van der Waals surface area contributed by atoms with Crippen molar-refractivity contribution in [1.82, 2.24) is 9.88 Å². The quantitative estimate of drug-likeness (QED) is 0.680. The van der Waals surface area contributed by atoms with Crippen molar-refractivity contribution in [2.24, 2.45) is 5.92 Å². The highest BCUT2D eigenvalue weighted by Crippen LogP contribution is 2.06. The molecule has 0 aromatic carbocycles. The molecule has 1 aromatic rings. The first-order valence-corrected chi connectivity index (χ1v) is 7.81. The Morgan fingerprint density at radius 3 is 2.94 bits per heavy atom. The average Bonchev–Trinajstić information content (AvgIpc) is 2.72. The predicted molar refractivity (Wildman–Crippen MR) is 78.6 cm³/mol. The Labute approximate surface area is 110 Å². The second kappa shape index (κ2) is 8.65. The van der Waals surface area contributed by atoms with Crippen LogP contribution in [0.5, 0.6) is 0 Å². The smallest absolute Gasteiger partial charge is 0.0227 e. The predicted octanol–water partition coefficient (Wildman–Crippen LogP) is 3.38. The fourth-order valence-corrected chi connectivity index (χ4v) is 2.35. The van der Waals surface area contributed by atoms with Crippen LogP contribution in [0.2, 0.25) is 0 Å². The van der Waals surface area contributed by atoms with Gasteiger partial charge in [-0.2, -0.15) is 11.8 Å². The van der Waals surface area contributed by atoms with E-state index in [4.69, 9.17) is 0 Å². The third-order valence-electron chi connectivity index (χ3n) is 2.60. The Kier molecular flexibility index (Phi) is 7.45. The molecule has 0 fully saturated rings. The van der Waals surface area contributed by atoms with E-state index in [-0.39, 0.29) is 0 Å². The van der Waals surface area contributed by atoms with Crippen molar-refractivity contribution in [2.45, 2.75) is 40.3 Å². The van der Waals surface area contributed by atoms with Crippen molar-refractivity contribution in [2.75, 3.05) is 18.1 Å². The van der Waals surface area contributed by atoms with Crippen LogP contribution in [0, 0.1) is 5.92 Å². The number of nitrogens with zero attached hydrogens (tertiary/aromatic N) is 1. The maximum atomic E-state index is 3.47. The summed E-state index contributed by atoms with van der Waals surface area (Å²) in [7, 11) is 0. The Hall–Kier alpha value is -0.410. The van der Waals surface area contributed by atoms with Crippen LogP contribution in [0.1, 0.15) is 32.8 Å². The first kappa shape index (κ1) is 14.7. The summed E-state index contributed by atoms with van der Waals surface area (Å²) < 4.78 is 2.31. The molecule has 1 aromatic heterocycles. The SMILES string of the molecule is CCSCCCn1ccc(CNCC(C)C)c1. The molecule has 0 aliphatic rings. The summed E-state index contributed by atoms with van der Waals surface area (Å²) >= 11 is 2.03. The van der Waals surface area contributed by atoms with Gasteiger partial charge in [-0.05, 0) is 42.0 Å². The zero-order valence-corrected chi connectivity index (χ0v) is 12.2. The molecule has 0 atom stereocenters. The van der Waals surface area contributed by atoms with Crippen LogP contribution < -0.4 is 5.32 Å². The van der Waals surface area contributed by atoms with Crippen LogP contribution in [0.25, 0.3) is 0 Å². The first-order valence-electron chi connectivity index (χ1n) is 6.65. The van der Waals surface area contributed by atoms with Gasteiger partial charge in [0.15, 0.2) is 0 Å². The highest BCUT2D eigenvalue weighted by Gasteiger charge is 1.98. The van der Waals surface area contributed by atoms with E-state index in [1.54, 1.807) is 0 Å². The van der Waals surface area contributed by atoms with Crippen molar-refractivity contribution in [3.8, 4) is 0 Å². The largest absolute Gasteiger partial charge is 0.354 e. The van der Waals surface area contributed by atoms with Gasteiger partial charge in [-0.3, -0.25) is 0 Å². The van der Waals surface area contributed by atoms with Gasteiger partial charge in [-0.25, -0.2) is 0 Å². The van der Waals surface area contributed by atoms with Crippen LogP contribution >= 0.6 is 11.8 Å². The van der Waals surface area contributed by atoms with Crippen molar-refractivity contribution >= 4 is 11.8 Å². The van der Waals surface area contributed by atoms with Gasteiger partial charge in [0, 0.05) is 25.5 Å². The Bertz CT molecular complexity index is 294. The lowest BCUT2D eigenvalue weighted by molar-refractivity contribution is 0.551. The molecular weight excluding hydrogens is 228 g/mol. The van der Waals surface area contributed by atoms with E-state index in [2.05, 4.69) is 49.1 Å². The summed E-state index contributed by atoms with van der Waals surface area (Å²) in [4.78, 5) is 0. The highest BCUT2D eigenvalue weighted by molar-refractivity contribution is 7.99. The number of hydrogen-bond donors (Lipinski definition) is 1.